The summed E-state index contributed by atoms with van der Waals surface area (Å²) in [5.41, 5.74) is 1.44. The minimum atomic E-state index is -0.258. The first-order valence-corrected chi connectivity index (χ1v) is 8.81. The number of nitrogens with one attached hydrogen (secondary N) is 1. The number of rotatable bonds is 2. The van der Waals surface area contributed by atoms with E-state index in [2.05, 4.69) is 5.32 Å². The number of urea groups is 1. The number of hydrogen-bond acceptors (Lipinski definition) is 3. The Morgan fingerprint density at radius 1 is 1.04 bits per heavy atom. The van der Waals surface area contributed by atoms with E-state index in [1.165, 1.54) is 0 Å². The topological polar surface area (TPSA) is 55.9 Å². The van der Waals surface area contributed by atoms with Crippen molar-refractivity contribution < 1.29 is 9.59 Å². The highest BCUT2D eigenvalue weighted by Gasteiger charge is 2.25. The van der Waals surface area contributed by atoms with Crippen molar-refractivity contribution in [2.24, 2.45) is 0 Å². The summed E-state index contributed by atoms with van der Waals surface area (Å²) in [5.74, 6) is 0.0294. The van der Waals surface area contributed by atoms with Crippen LogP contribution in [0, 0.1) is 0 Å². The lowest BCUT2D eigenvalue weighted by atomic mass is 10.1. The largest absolute Gasteiger partial charge is 0.378 e. The zero-order valence-corrected chi connectivity index (χ0v) is 16.0. The Balaban J connectivity index is 2.02. The van der Waals surface area contributed by atoms with Gasteiger partial charge < -0.3 is 20.0 Å². The van der Waals surface area contributed by atoms with Crippen molar-refractivity contribution in [2.75, 3.05) is 45.2 Å². The summed E-state index contributed by atoms with van der Waals surface area (Å²) in [6.45, 7) is 8.36. The van der Waals surface area contributed by atoms with Crippen LogP contribution in [0.2, 0.25) is 0 Å². The van der Waals surface area contributed by atoms with Gasteiger partial charge in [-0.3, -0.25) is 4.79 Å². The molecule has 1 aromatic carbocycles. The molecule has 0 saturated carbocycles. The fourth-order valence-electron chi connectivity index (χ4n) is 2.82. The zero-order chi connectivity index (χ0) is 18.6. The molecule has 0 bridgehead atoms. The van der Waals surface area contributed by atoms with E-state index >= 15 is 0 Å². The van der Waals surface area contributed by atoms with E-state index in [0.717, 1.165) is 12.1 Å². The monoisotopic (exact) mass is 346 g/mol. The maximum absolute atomic E-state index is 12.8. The Morgan fingerprint density at radius 2 is 1.68 bits per heavy atom. The van der Waals surface area contributed by atoms with Crippen molar-refractivity contribution in [3.63, 3.8) is 0 Å². The Labute approximate surface area is 150 Å². The van der Waals surface area contributed by atoms with Gasteiger partial charge in [0.2, 0.25) is 0 Å². The summed E-state index contributed by atoms with van der Waals surface area (Å²) >= 11 is 0. The van der Waals surface area contributed by atoms with Crippen LogP contribution in [0.3, 0.4) is 0 Å². The van der Waals surface area contributed by atoms with Gasteiger partial charge in [0, 0.05) is 57.1 Å². The highest BCUT2D eigenvalue weighted by Crippen LogP contribution is 2.16. The molecule has 0 spiro atoms. The van der Waals surface area contributed by atoms with Gasteiger partial charge in [-0.15, -0.1) is 0 Å². The molecule has 1 saturated heterocycles. The quantitative estimate of drug-likeness (QED) is 0.895. The first-order chi connectivity index (χ1) is 11.7. The first kappa shape index (κ1) is 19.1. The second-order valence-corrected chi connectivity index (χ2v) is 7.76. The normalized spacial score (nSPS) is 15.6. The molecule has 1 fully saturated rings. The minimum absolute atomic E-state index is 0.0294. The highest BCUT2D eigenvalue weighted by atomic mass is 16.2. The molecule has 3 amide bonds. The van der Waals surface area contributed by atoms with Gasteiger partial charge in [0.05, 0.1) is 0 Å². The number of amides is 3. The predicted octanol–water partition coefficient (Wildman–Crippen LogP) is 2.41. The van der Waals surface area contributed by atoms with Crippen LogP contribution in [0.25, 0.3) is 0 Å². The summed E-state index contributed by atoms with van der Waals surface area (Å²) in [4.78, 5) is 30.8. The van der Waals surface area contributed by atoms with E-state index in [1.807, 2.05) is 68.9 Å². The summed E-state index contributed by atoms with van der Waals surface area (Å²) in [7, 11) is 3.92. The molecule has 1 N–H and O–H groups in total. The summed E-state index contributed by atoms with van der Waals surface area (Å²) in [6, 6.07) is 7.60. The molecule has 138 valence electrons. The van der Waals surface area contributed by atoms with Gasteiger partial charge in [0.1, 0.15) is 0 Å². The third kappa shape index (κ3) is 5.37. The van der Waals surface area contributed by atoms with E-state index in [9.17, 15) is 9.59 Å². The Bertz CT molecular complexity index is 622. The lowest BCUT2D eigenvalue weighted by Crippen LogP contribution is -2.49. The number of benzene rings is 1. The van der Waals surface area contributed by atoms with E-state index in [-0.39, 0.29) is 17.5 Å². The molecule has 2 rings (SSSR count). The van der Waals surface area contributed by atoms with Crippen LogP contribution in [-0.4, -0.2) is 67.6 Å². The lowest BCUT2D eigenvalue weighted by Gasteiger charge is -2.27. The van der Waals surface area contributed by atoms with Crippen LogP contribution in [0.15, 0.2) is 24.3 Å². The van der Waals surface area contributed by atoms with Gasteiger partial charge in [0.15, 0.2) is 0 Å². The summed E-state index contributed by atoms with van der Waals surface area (Å²) < 4.78 is 0. The SMILES string of the molecule is CN(C)c1cccc(C(=O)N2CCCN(C(=O)NC(C)(C)C)CC2)c1. The average molecular weight is 346 g/mol. The number of anilines is 1. The Morgan fingerprint density at radius 3 is 2.32 bits per heavy atom. The summed E-state index contributed by atoms with van der Waals surface area (Å²) in [5, 5.41) is 2.99. The highest BCUT2D eigenvalue weighted by molar-refractivity contribution is 5.95. The predicted molar refractivity (Wildman–Crippen MR) is 101 cm³/mol. The van der Waals surface area contributed by atoms with Crippen LogP contribution in [0.1, 0.15) is 37.6 Å². The van der Waals surface area contributed by atoms with E-state index in [1.54, 1.807) is 4.90 Å². The molecule has 1 aromatic rings. The summed E-state index contributed by atoms with van der Waals surface area (Å²) in [6.07, 6.45) is 0.788. The van der Waals surface area contributed by atoms with Crippen LogP contribution in [0.5, 0.6) is 0 Å². The van der Waals surface area contributed by atoms with Crippen molar-refractivity contribution in [1.82, 2.24) is 15.1 Å². The molecule has 6 heteroatoms. The molecule has 25 heavy (non-hydrogen) atoms. The molecule has 0 aliphatic carbocycles. The van der Waals surface area contributed by atoms with Gasteiger partial charge in [-0.25, -0.2) is 4.79 Å². The molecule has 0 atom stereocenters. The molecule has 1 aliphatic heterocycles. The molecule has 0 aromatic heterocycles. The third-order valence-electron chi connectivity index (χ3n) is 4.16. The van der Waals surface area contributed by atoms with Gasteiger partial charge in [-0.1, -0.05) is 6.07 Å². The second-order valence-electron chi connectivity index (χ2n) is 7.76. The van der Waals surface area contributed by atoms with Crippen LogP contribution >= 0.6 is 0 Å². The molecule has 1 heterocycles. The van der Waals surface area contributed by atoms with Crippen molar-refractivity contribution in [3.8, 4) is 0 Å². The van der Waals surface area contributed by atoms with Crippen molar-refractivity contribution in [2.45, 2.75) is 32.7 Å². The van der Waals surface area contributed by atoms with Crippen LogP contribution < -0.4 is 10.2 Å². The van der Waals surface area contributed by atoms with Crippen LogP contribution in [0.4, 0.5) is 10.5 Å². The molecule has 0 radical (unpaired) electrons. The smallest absolute Gasteiger partial charge is 0.317 e. The molecule has 6 nitrogen and oxygen atoms in total. The zero-order valence-electron chi connectivity index (χ0n) is 16.0. The van der Waals surface area contributed by atoms with E-state index < -0.39 is 0 Å². The third-order valence-corrected chi connectivity index (χ3v) is 4.16. The van der Waals surface area contributed by atoms with Gasteiger partial charge in [-0.05, 0) is 45.4 Å². The molecular weight excluding hydrogens is 316 g/mol. The van der Waals surface area contributed by atoms with Crippen LogP contribution in [-0.2, 0) is 0 Å². The fourth-order valence-corrected chi connectivity index (χ4v) is 2.82. The molecule has 1 aliphatic rings. The molecular formula is C19H30N4O2. The van der Waals surface area contributed by atoms with Crippen molar-refractivity contribution >= 4 is 17.6 Å². The fraction of sp³-hybridized carbons (Fsp3) is 0.579. The first-order valence-electron chi connectivity index (χ1n) is 8.81. The number of hydrogen-bond donors (Lipinski definition) is 1. The minimum Gasteiger partial charge on any atom is -0.378 e. The average Bonchev–Trinajstić information content (AvgIpc) is 2.78. The number of carbonyl (C=O) groups excluding carboxylic acids is 2. The van der Waals surface area contributed by atoms with E-state index in [0.29, 0.717) is 31.7 Å². The van der Waals surface area contributed by atoms with Gasteiger partial charge in [-0.2, -0.15) is 0 Å². The maximum Gasteiger partial charge on any atom is 0.317 e. The van der Waals surface area contributed by atoms with E-state index in [4.69, 9.17) is 0 Å². The Kier molecular flexibility index (Phi) is 5.93. The number of nitrogens with zero attached hydrogens (tertiary/aromatic N) is 3. The lowest BCUT2D eigenvalue weighted by molar-refractivity contribution is 0.0762. The van der Waals surface area contributed by atoms with Crippen molar-refractivity contribution in [1.29, 1.82) is 0 Å². The van der Waals surface area contributed by atoms with Crippen molar-refractivity contribution in [3.05, 3.63) is 29.8 Å². The van der Waals surface area contributed by atoms with Gasteiger partial charge in [0.25, 0.3) is 5.91 Å². The number of carbonyl (C=O) groups is 2. The maximum atomic E-state index is 12.8. The molecule has 0 unspecified atom stereocenters. The van der Waals surface area contributed by atoms with Gasteiger partial charge >= 0.3 is 6.03 Å². The second kappa shape index (κ2) is 7.76. The Hall–Kier alpha value is -2.24. The standard InChI is InChI=1S/C19H30N4O2/c1-19(2,3)20-18(25)23-11-7-10-22(12-13-23)17(24)15-8-6-9-16(14-15)21(4)5/h6,8-9,14H,7,10-13H2,1-5H3,(H,20,25).